The van der Waals surface area contributed by atoms with E-state index in [1.807, 2.05) is 0 Å². The summed E-state index contributed by atoms with van der Waals surface area (Å²) in [6.45, 7) is 1.53. The van der Waals surface area contributed by atoms with Crippen molar-refractivity contribution >= 4 is 21.6 Å². The molecule has 2 N–H and O–H groups in total. The van der Waals surface area contributed by atoms with E-state index in [9.17, 15) is 22.4 Å². The number of sulfonamides is 1. The molecule has 0 bridgehead atoms. The number of nitrogens with zero attached hydrogens (tertiary/aromatic N) is 2. The third-order valence-electron chi connectivity index (χ3n) is 4.16. The number of hydrogen-bond donors (Lipinski definition) is 2. The second kappa shape index (κ2) is 8.46. The second-order valence-corrected chi connectivity index (χ2v) is 8.32. The fourth-order valence-corrected chi connectivity index (χ4v) is 3.40. The number of para-hydroxylation sites is 2. The van der Waals surface area contributed by atoms with Gasteiger partial charge in [0.05, 0.1) is 11.9 Å². The van der Waals surface area contributed by atoms with Crippen molar-refractivity contribution in [2.24, 2.45) is 0 Å². The predicted octanol–water partition coefficient (Wildman–Crippen LogP) is 1.98. The summed E-state index contributed by atoms with van der Waals surface area (Å²) in [5.74, 6) is -1.32. The van der Waals surface area contributed by atoms with Gasteiger partial charge >= 0.3 is 0 Å². The highest BCUT2D eigenvalue weighted by molar-refractivity contribution is 7.92. The average Bonchev–Trinajstić information content (AvgIpc) is 2.67. The van der Waals surface area contributed by atoms with Crippen molar-refractivity contribution in [3.05, 3.63) is 87.6 Å². The summed E-state index contributed by atoms with van der Waals surface area (Å²) in [7, 11) is -3.51. The quantitative estimate of drug-likeness (QED) is 0.621. The van der Waals surface area contributed by atoms with Crippen LogP contribution in [-0.4, -0.2) is 30.4 Å². The van der Waals surface area contributed by atoms with E-state index in [0.717, 1.165) is 6.26 Å². The molecule has 3 rings (SSSR count). The lowest BCUT2D eigenvalue weighted by Crippen LogP contribution is -2.32. The molecule has 0 atom stereocenters. The molecule has 3 aromatic rings. The van der Waals surface area contributed by atoms with Crippen molar-refractivity contribution in [3.8, 4) is 5.69 Å². The van der Waals surface area contributed by atoms with Gasteiger partial charge in [0.25, 0.3) is 5.91 Å². The fraction of sp³-hybridized carbons (Fsp3) is 0.150. The van der Waals surface area contributed by atoms with Crippen LogP contribution in [0.5, 0.6) is 0 Å². The van der Waals surface area contributed by atoms with Crippen LogP contribution in [0.2, 0.25) is 0 Å². The van der Waals surface area contributed by atoms with Gasteiger partial charge in [-0.25, -0.2) is 17.5 Å². The molecule has 0 aliphatic rings. The Kier molecular flexibility index (Phi) is 5.97. The van der Waals surface area contributed by atoms with Crippen LogP contribution >= 0.6 is 0 Å². The van der Waals surface area contributed by atoms with Gasteiger partial charge in [0.2, 0.25) is 15.5 Å². The number of carbonyl (C=O) groups is 1. The summed E-state index contributed by atoms with van der Waals surface area (Å²) in [6, 6.07) is 13.6. The van der Waals surface area contributed by atoms with Crippen LogP contribution in [0.25, 0.3) is 5.69 Å². The van der Waals surface area contributed by atoms with Crippen LogP contribution in [0.4, 0.5) is 10.1 Å². The molecule has 0 spiro atoms. The molecule has 2 aromatic carbocycles. The van der Waals surface area contributed by atoms with Crippen LogP contribution in [-0.2, 0) is 16.6 Å². The van der Waals surface area contributed by atoms with Crippen molar-refractivity contribution in [1.82, 2.24) is 15.1 Å². The first kappa shape index (κ1) is 21.2. The molecule has 0 aliphatic heterocycles. The number of halogens is 1. The van der Waals surface area contributed by atoms with Gasteiger partial charge in [0, 0.05) is 18.3 Å². The minimum Gasteiger partial charge on any atom is -0.346 e. The van der Waals surface area contributed by atoms with E-state index in [2.05, 4.69) is 15.1 Å². The summed E-state index contributed by atoms with van der Waals surface area (Å²) in [5.41, 5.74) is 0.257. The van der Waals surface area contributed by atoms with Gasteiger partial charge in [-0.05, 0) is 30.7 Å². The monoisotopic (exact) mass is 430 g/mol. The highest BCUT2D eigenvalue weighted by Crippen LogP contribution is 2.16. The maximum atomic E-state index is 14.1. The molecular formula is C20H19FN4O4S. The number of aromatic nitrogens is 2. The number of anilines is 1. The van der Waals surface area contributed by atoms with E-state index < -0.39 is 32.9 Å². The zero-order chi connectivity index (χ0) is 21.9. The topological polar surface area (TPSA) is 110 Å². The van der Waals surface area contributed by atoms with Crippen LogP contribution < -0.4 is 15.5 Å². The van der Waals surface area contributed by atoms with Crippen molar-refractivity contribution in [2.45, 2.75) is 13.5 Å². The molecular weight excluding hydrogens is 411 g/mol. The Morgan fingerprint density at radius 1 is 1.13 bits per heavy atom. The molecule has 1 heterocycles. The lowest BCUT2D eigenvalue weighted by molar-refractivity contribution is 0.0943. The molecule has 30 heavy (non-hydrogen) atoms. The highest BCUT2D eigenvalue weighted by Gasteiger charge is 2.17. The molecule has 0 fully saturated rings. The van der Waals surface area contributed by atoms with Gasteiger partial charge in [0.1, 0.15) is 11.5 Å². The largest absolute Gasteiger partial charge is 0.346 e. The average molecular weight is 430 g/mol. The SMILES string of the molecule is Cc1cc(=O)c(C(=O)NCc2ccccc2NS(C)(=O)=O)nn1-c1ccccc1F. The van der Waals surface area contributed by atoms with E-state index >= 15 is 0 Å². The van der Waals surface area contributed by atoms with Crippen LogP contribution in [0.3, 0.4) is 0 Å². The third kappa shape index (κ3) is 4.90. The van der Waals surface area contributed by atoms with Gasteiger partial charge in [-0.3, -0.25) is 14.3 Å². The second-order valence-electron chi connectivity index (χ2n) is 6.58. The molecule has 0 saturated carbocycles. The first-order valence-electron chi connectivity index (χ1n) is 8.85. The van der Waals surface area contributed by atoms with Gasteiger partial charge in [-0.2, -0.15) is 5.10 Å². The number of aryl methyl sites for hydroxylation is 1. The van der Waals surface area contributed by atoms with Crippen LogP contribution in [0, 0.1) is 12.7 Å². The van der Waals surface area contributed by atoms with Crippen molar-refractivity contribution in [3.63, 3.8) is 0 Å². The van der Waals surface area contributed by atoms with E-state index in [-0.39, 0.29) is 12.2 Å². The molecule has 1 amide bonds. The molecule has 0 radical (unpaired) electrons. The zero-order valence-corrected chi connectivity index (χ0v) is 17.0. The lowest BCUT2D eigenvalue weighted by Gasteiger charge is -2.13. The summed E-state index contributed by atoms with van der Waals surface area (Å²) in [5, 5.41) is 6.59. The summed E-state index contributed by atoms with van der Waals surface area (Å²) >= 11 is 0. The fourth-order valence-electron chi connectivity index (χ4n) is 2.81. The Bertz CT molecular complexity index is 1270. The first-order valence-corrected chi connectivity index (χ1v) is 10.7. The Labute approximate surface area is 172 Å². The van der Waals surface area contributed by atoms with Crippen LogP contribution in [0.1, 0.15) is 21.7 Å². The van der Waals surface area contributed by atoms with E-state index in [0.29, 0.717) is 16.9 Å². The van der Waals surface area contributed by atoms with Crippen molar-refractivity contribution in [1.29, 1.82) is 0 Å². The predicted molar refractivity (Wildman–Crippen MR) is 111 cm³/mol. The minimum absolute atomic E-state index is 0.0494. The highest BCUT2D eigenvalue weighted by atomic mass is 32.2. The summed E-state index contributed by atoms with van der Waals surface area (Å²) in [4.78, 5) is 24.9. The number of hydrogen-bond acceptors (Lipinski definition) is 5. The maximum Gasteiger partial charge on any atom is 0.276 e. The Morgan fingerprint density at radius 3 is 2.50 bits per heavy atom. The third-order valence-corrected chi connectivity index (χ3v) is 4.75. The Morgan fingerprint density at radius 2 is 1.80 bits per heavy atom. The molecule has 156 valence electrons. The Balaban J connectivity index is 1.88. The first-order chi connectivity index (χ1) is 14.2. The number of benzene rings is 2. The van der Waals surface area contributed by atoms with Gasteiger partial charge in [-0.15, -0.1) is 0 Å². The van der Waals surface area contributed by atoms with Gasteiger partial charge in [-0.1, -0.05) is 30.3 Å². The smallest absolute Gasteiger partial charge is 0.276 e. The normalized spacial score (nSPS) is 11.2. The van der Waals surface area contributed by atoms with E-state index in [1.165, 1.54) is 28.9 Å². The van der Waals surface area contributed by atoms with Crippen LogP contribution in [0.15, 0.2) is 59.4 Å². The number of nitrogens with one attached hydrogen (secondary N) is 2. The molecule has 0 aliphatic carbocycles. The standard InChI is InChI=1S/C20H19FN4O4S/c1-13-11-18(26)19(23-25(13)17-10-6-4-8-15(17)21)20(27)22-12-14-7-3-5-9-16(14)24-30(2,28)29/h3-11,24H,12H2,1-2H3,(H,22,27). The molecule has 0 saturated heterocycles. The number of amides is 1. The molecule has 1 aromatic heterocycles. The molecule has 8 nitrogen and oxygen atoms in total. The van der Waals surface area contributed by atoms with E-state index in [1.54, 1.807) is 37.3 Å². The van der Waals surface area contributed by atoms with Crippen molar-refractivity contribution < 1.29 is 17.6 Å². The summed E-state index contributed by atoms with van der Waals surface area (Å²) < 4.78 is 40.7. The maximum absolute atomic E-state index is 14.1. The number of rotatable bonds is 6. The Hall–Kier alpha value is -3.53. The van der Waals surface area contributed by atoms with Crippen molar-refractivity contribution in [2.75, 3.05) is 11.0 Å². The van der Waals surface area contributed by atoms with Gasteiger partial charge in [0.15, 0.2) is 5.69 Å². The van der Waals surface area contributed by atoms with Gasteiger partial charge < -0.3 is 5.32 Å². The lowest BCUT2D eigenvalue weighted by atomic mass is 10.2. The zero-order valence-electron chi connectivity index (χ0n) is 16.2. The molecule has 0 unspecified atom stereocenters. The minimum atomic E-state index is -3.51. The molecule has 10 heteroatoms. The van der Waals surface area contributed by atoms with E-state index in [4.69, 9.17) is 0 Å². The summed E-state index contributed by atoms with van der Waals surface area (Å²) in [6.07, 6.45) is 1.02. The number of carbonyl (C=O) groups excluding carboxylic acids is 1.